The number of rotatable bonds is 16. The zero-order chi connectivity index (χ0) is 17.4. The summed E-state index contributed by atoms with van der Waals surface area (Å²) in [5.74, 6) is 0. The number of unbranched alkanes of at least 4 members (excludes halogenated alkanes) is 11. The maximum absolute atomic E-state index is 10.5. The second-order valence-corrected chi connectivity index (χ2v) is 7.85. The molecule has 0 bridgehead atoms. The first-order chi connectivity index (χ1) is 11.0. The van der Waals surface area contributed by atoms with Gasteiger partial charge in [-0.1, -0.05) is 70.4 Å². The Bertz CT molecular complexity index is 382. The summed E-state index contributed by atoms with van der Waals surface area (Å²) >= 11 is 0. The fraction of sp³-hybridized carbons (Fsp3) is 0.889. The fourth-order valence-corrected chi connectivity index (χ4v) is 2.99. The predicted molar refractivity (Wildman–Crippen MR) is 95.2 cm³/mol. The van der Waals surface area contributed by atoms with Crippen molar-refractivity contribution in [1.29, 1.82) is 0 Å². The van der Waals surface area contributed by atoms with Crippen molar-refractivity contribution < 1.29 is 47.6 Å². The number of hydrogen-bond acceptors (Lipinski definition) is 4. The second-order valence-electron chi connectivity index (χ2n) is 6.32. The van der Waals surface area contributed by atoms with Crippen molar-refractivity contribution in [2.24, 2.45) is 0 Å². The standard InChI is InChI=1S/C18H36O4S.Na/c1-2-3-4-5-6-7-8-9-10-11-12-13-14-15-16-17-18(19)23(20,21)22;/h9-10,18-19H,2-8,11-17H2,1H3,(H,20,21,22);/q;+1/p-1/b10-9-;. The van der Waals surface area contributed by atoms with Crippen LogP contribution in [0.4, 0.5) is 0 Å². The first kappa shape index (κ1) is 26.8. The third-order valence-corrected chi connectivity index (χ3v) is 4.95. The minimum atomic E-state index is -4.53. The smallest absolute Gasteiger partial charge is 0.746 e. The van der Waals surface area contributed by atoms with Crippen molar-refractivity contribution in [2.75, 3.05) is 0 Å². The summed E-state index contributed by atoms with van der Waals surface area (Å²) in [5, 5.41) is 9.08. The average molecular weight is 371 g/mol. The van der Waals surface area contributed by atoms with Crippen LogP contribution < -0.4 is 29.6 Å². The van der Waals surface area contributed by atoms with Gasteiger partial charge in [0.15, 0.2) is 0 Å². The Morgan fingerprint density at radius 1 is 0.833 bits per heavy atom. The predicted octanol–water partition coefficient (Wildman–Crippen LogP) is 1.89. The van der Waals surface area contributed by atoms with Crippen LogP contribution in [0.15, 0.2) is 12.2 Å². The molecule has 1 N–H and O–H groups in total. The van der Waals surface area contributed by atoms with Crippen LogP contribution in [-0.4, -0.2) is 23.5 Å². The molecule has 0 saturated heterocycles. The van der Waals surface area contributed by atoms with E-state index in [2.05, 4.69) is 19.1 Å². The van der Waals surface area contributed by atoms with E-state index in [0.717, 1.165) is 32.1 Å². The van der Waals surface area contributed by atoms with E-state index < -0.39 is 15.6 Å². The molecule has 1 atom stereocenters. The number of aliphatic hydroxyl groups is 1. The molecule has 0 radical (unpaired) electrons. The van der Waals surface area contributed by atoms with Crippen molar-refractivity contribution in [2.45, 2.75) is 102 Å². The van der Waals surface area contributed by atoms with Crippen LogP contribution in [-0.2, 0) is 10.1 Å². The van der Waals surface area contributed by atoms with E-state index >= 15 is 0 Å². The van der Waals surface area contributed by atoms with Crippen molar-refractivity contribution in [3.8, 4) is 0 Å². The molecular weight excluding hydrogens is 335 g/mol. The minimum absolute atomic E-state index is 0. The zero-order valence-electron chi connectivity index (χ0n) is 15.7. The summed E-state index contributed by atoms with van der Waals surface area (Å²) in [4.78, 5) is 0. The van der Waals surface area contributed by atoms with Crippen LogP contribution in [0.2, 0.25) is 0 Å². The van der Waals surface area contributed by atoms with Gasteiger partial charge in [0.05, 0.1) is 0 Å². The van der Waals surface area contributed by atoms with Crippen molar-refractivity contribution in [3.63, 3.8) is 0 Å². The molecule has 0 rings (SSSR count). The Kier molecular flexibility index (Phi) is 20.6. The maximum atomic E-state index is 10.5. The molecule has 138 valence electrons. The number of aliphatic hydroxyl groups excluding tert-OH is 1. The largest absolute Gasteiger partial charge is 1.00 e. The molecule has 0 spiro atoms. The Morgan fingerprint density at radius 3 is 1.71 bits per heavy atom. The van der Waals surface area contributed by atoms with Gasteiger partial charge in [-0.2, -0.15) is 0 Å². The molecule has 24 heavy (non-hydrogen) atoms. The minimum Gasteiger partial charge on any atom is -0.746 e. The molecule has 0 heterocycles. The van der Waals surface area contributed by atoms with Gasteiger partial charge in [0.25, 0.3) is 0 Å². The van der Waals surface area contributed by atoms with E-state index in [4.69, 9.17) is 5.11 Å². The Labute approximate surface area is 171 Å². The van der Waals surface area contributed by atoms with Gasteiger partial charge in [0.1, 0.15) is 15.6 Å². The molecule has 0 aromatic rings. The van der Waals surface area contributed by atoms with Gasteiger partial charge in [0, 0.05) is 0 Å². The molecule has 1 unspecified atom stereocenters. The average Bonchev–Trinajstić information content (AvgIpc) is 2.50. The summed E-state index contributed by atoms with van der Waals surface area (Å²) in [5.41, 5.74) is -1.73. The molecular formula is C18H35NaO4S. The fourth-order valence-electron chi connectivity index (χ4n) is 2.53. The van der Waals surface area contributed by atoms with Crippen molar-refractivity contribution in [3.05, 3.63) is 12.2 Å². The van der Waals surface area contributed by atoms with Gasteiger partial charge < -0.3 is 9.66 Å². The molecule has 0 aromatic carbocycles. The molecule has 0 aliphatic heterocycles. The van der Waals surface area contributed by atoms with Crippen molar-refractivity contribution in [1.82, 2.24) is 0 Å². The van der Waals surface area contributed by atoms with Crippen LogP contribution in [0.25, 0.3) is 0 Å². The molecule has 0 amide bonds. The molecule has 6 heteroatoms. The second kappa shape index (κ2) is 18.4. The van der Waals surface area contributed by atoms with Crippen LogP contribution in [0, 0.1) is 0 Å². The summed E-state index contributed by atoms with van der Waals surface area (Å²) in [6, 6.07) is 0. The van der Waals surface area contributed by atoms with Crippen LogP contribution in [0.3, 0.4) is 0 Å². The summed E-state index contributed by atoms with van der Waals surface area (Å²) in [6.07, 6.45) is 19.7. The third kappa shape index (κ3) is 18.9. The first-order valence-corrected chi connectivity index (χ1v) is 10.7. The molecule has 4 nitrogen and oxygen atoms in total. The van der Waals surface area contributed by atoms with E-state index in [9.17, 15) is 13.0 Å². The van der Waals surface area contributed by atoms with Crippen LogP contribution in [0.5, 0.6) is 0 Å². The molecule has 0 fully saturated rings. The summed E-state index contributed by atoms with van der Waals surface area (Å²) in [7, 11) is -4.53. The van der Waals surface area contributed by atoms with Gasteiger partial charge in [-0.15, -0.1) is 0 Å². The van der Waals surface area contributed by atoms with E-state index in [-0.39, 0.29) is 36.0 Å². The van der Waals surface area contributed by atoms with Gasteiger partial charge in [0.2, 0.25) is 0 Å². The van der Waals surface area contributed by atoms with E-state index in [1.807, 2.05) is 0 Å². The quantitative estimate of drug-likeness (QED) is 0.195. The molecule has 0 saturated carbocycles. The molecule has 0 aliphatic rings. The van der Waals surface area contributed by atoms with Gasteiger partial charge in [-0.05, 0) is 38.5 Å². The van der Waals surface area contributed by atoms with Gasteiger partial charge in [-0.25, -0.2) is 8.42 Å². The van der Waals surface area contributed by atoms with Gasteiger partial charge >= 0.3 is 29.6 Å². The van der Waals surface area contributed by atoms with Gasteiger partial charge in [-0.3, -0.25) is 0 Å². The molecule has 0 aliphatic carbocycles. The van der Waals surface area contributed by atoms with Crippen molar-refractivity contribution >= 4 is 10.1 Å². The third-order valence-electron chi connectivity index (χ3n) is 4.05. The zero-order valence-corrected chi connectivity index (χ0v) is 18.5. The maximum Gasteiger partial charge on any atom is 1.00 e. The summed E-state index contributed by atoms with van der Waals surface area (Å²) < 4.78 is 31.5. The molecule has 0 aromatic heterocycles. The number of allylic oxidation sites excluding steroid dienone is 2. The Hall–Kier alpha value is 0.610. The first-order valence-electron chi connectivity index (χ1n) is 9.26. The Balaban J connectivity index is 0. The van der Waals surface area contributed by atoms with E-state index in [0.29, 0.717) is 6.42 Å². The topological polar surface area (TPSA) is 77.4 Å². The normalized spacial score (nSPS) is 13.1. The number of hydrogen-bond donors (Lipinski definition) is 1. The van der Waals surface area contributed by atoms with Crippen LogP contribution >= 0.6 is 0 Å². The van der Waals surface area contributed by atoms with E-state index in [1.54, 1.807) is 0 Å². The van der Waals surface area contributed by atoms with Crippen LogP contribution in [0.1, 0.15) is 96.8 Å². The monoisotopic (exact) mass is 370 g/mol. The summed E-state index contributed by atoms with van der Waals surface area (Å²) in [6.45, 7) is 2.24. The SMILES string of the molecule is CCCCCCCC/C=C\CCCCCCCC(O)S(=O)(=O)[O-].[Na+]. The Morgan fingerprint density at radius 2 is 1.25 bits per heavy atom. The van der Waals surface area contributed by atoms with E-state index in [1.165, 1.54) is 44.9 Å².